The number of fused-ring (bicyclic) bond motifs is 1. The lowest BCUT2D eigenvalue weighted by Gasteiger charge is -2.38. The molecular formula is C45H54N6O8. The van der Waals surface area contributed by atoms with Crippen LogP contribution in [0.25, 0.3) is 11.0 Å². The lowest BCUT2D eigenvalue weighted by molar-refractivity contribution is -0.159. The summed E-state index contributed by atoms with van der Waals surface area (Å²) in [5, 5.41) is 15.2. The molecule has 0 aliphatic carbocycles. The third kappa shape index (κ3) is 9.18. The summed E-state index contributed by atoms with van der Waals surface area (Å²) in [5.41, 5.74) is 6.68. The molecule has 0 spiro atoms. The van der Waals surface area contributed by atoms with Gasteiger partial charge in [0.1, 0.15) is 46.8 Å². The molecule has 5 N–H and O–H groups in total. The largest absolute Gasteiger partial charge is 0.455 e. The lowest BCUT2D eigenvalue weighted by atomic mass is 9.80. The normalized spacial score (nSPS) is 19.1. The van der Waals surface area contributed by atoms with Crippen molar-refractivity contribution >= 4 is 35.0 Å². The predicted octanol–water partition coefficient (Wildman–Crippen LogP) is 7.03. The number of anilines is 1. The van der Waals surface area contributed by atoms with Gasteiger partial charge in [0.25, 0.3) is 0 Å². The molecule has 6 rings (SSSR count). The Morgan fingerprint density at radius 1 is 0.831 bits per heavy atom. The Morgan fingerprint density at radius 2 is 1.36 bits per heavy atom. The molecule has 2 aromatic heterocycles. The summed E-state index contributed by atoms with van der Waals surface area (Å²) in [6.45, 7) is 13.5. The number of benzene rings is 3. The number of nitrogens with two attached hydrogens (primary N) is 1. The van der Waals surface area contributed by atoms with Crippen LogP contribution < -0.4 is 11.1 Å². The van der Waals surface area contributed by atoms with Crippen molar-refractivity contribution in [3.8, 4) is 0 Å². The third-order valence-corrected chi connectivity index (χ3v) is 10.0. The van der Waals surface area contributed by atoms with E-state index in [4.69, 9.17) is 24.7 Å². The van der Waals surface area contributed by atoms with Crippen LogP contribution in [0.5, 0.6) is 0 Å². The van der Waals surface area contributed by atoms with Gasteiger partial charge in [-0.3, -0.25) is 4.90 Å². The Morgan fingerprint density at radius 3 is 1.85 bits per heavy atom. The lowest BCUT2D eigenvalue weighted by Crippen LogP contribution is -2.49. The fraction of sp³-hybridized carbons (Fsp3) is 0.400. The van der Waals surface area contributed by atoms with E-state index in [2.05, 4.69) is 20.3 Å². The first-order chi connectivity index (χ1) is 27.9. The van der Waals surface area contributed by atoms with Crippen LogP contribution in [0.2, 0.25) is 0 Å². The highest BCUT2D eigenvalue weighted by molar-refractivity contribution is 5.88. The van der Waals surface area contributed by atoms with Crippen molar-refractivity contribution in [3.63, 3.8) is 0 Å². The SMILES string of the molecule is CC(C)C(NC(=O)OC(C)(C)C)C(=O)OC1C(O)C(COC(c2ccccc2)(c2ccccc2)c2ccccc2)N(C(=O)OC(C)(C)C)C1c1c[nH]c2c(N)ncnc12. The Kier molecular flexibility index (Phi) is 12.3. The summed E-state index contributed by atoms with van der Waals surface area (Å²) in [6.07, 6.45) is -1.73. The van der Waals surface area contributed by atoms with Crippen molar-refractivity contribution in [3.05, 3.63) is 126 Å². The maximum atomic E-state index is 14.7. The Balaban J connectivity index is 1.50. The van der Waals surface area contributed by atoms with Gasteiger partial charge in [0.05, 0.1) is 18.2 Å². The molecule has 0 radical (unpaired) electrons. The Bertz CT molecular complexity index is 2120. The zero-order valence-corrected chi connectivity index (χ0v) is 34.7. The number of H-pyrrole nitrogens is 1. The van der Waals surface area contributed by atoms with Gasteiger partial charge in [0.2, 0.25) is 0 Å². The van der Waals surface area contributed by atoms with E-state index in [0.717, 1.165) is 16.7 Å². The number of amides is 2. The molecule has 5 unspecified atom stereocenters. The van der Waals surface area contributed by atoms with Gasteiger partial charge in [0.15, 0.2) is 11.9 Å². The van der Waals surface area contributed by atoms with Crippen molar-refractivity contribution in [2.75, 3.05) is 12.3 Å². The first kappa shape index (κ1) is 42.6. The van der Waals surface area contributed by atoms with Gasteiger partial charge in [0, 0.05) is 11.8 Å². The molecular weight excluding hydrogens is 753 g/mol. The van der Waals surface area contributed by atoms with E-state index in [1.807, 2.05) is 91.0 Å². The number of nitrogens with zero attached hydrogens (tertiary/aromatic N) is 3. The van der Waals surface area contributed by atoms with Gasteiger partial charge in [-0.2, -0.15) is 0 Å². The van der Waals surface area contributed by atoms with Crippen molar-refractivity contribution < 1.29 is 38.4 Å². The molecule has 1 aliphatic heterocycles. The number of nitrogens with one attached hydrogen (secondary N) is 2. The fourth-order valence-electron chi connectivity index (χ4n) is 7.46. The zero-order valence-electron chi connectivity index (χ0n) is 34.7. The molecule has 2 amide bonds. The van der Waals surface area contributed by atoms with Gasteiger partial charge in [-0.05, 0) is 64.2 Å². The summed E-state index contributed by atoms with van der Waals surface area (Å²) < 4.78 is 24.9. The van der Waals surface area contributed by atoms with Crippen LogP contribution in [0.1, 0.15) is 83.7 Å². The number of hydrogen-bond acceptors (Lipinski definition) is 11. The second kappa shape index (κ2) is 17.1. The molecule has 59 heavy (non-hydrogen) atoms. The average molecular weight is 807 g/mol. The molecule has 14 heteroatoms. The fourth-order valence-corrected chi connectivity index (χ4v) is 7.46. The van der Waals surface area contributed by atoms with E-state index in [1.54, 1.807) is 61.6 Å². The van der Waals surface area contributed by atoms with Crippen LogP contribution in [0.3, 0.4) is 0 Å². The van der Waals surface area contributed by atoms with Crippen LogP contribution >= 0.6 is 0 Å². The highest BCUT2D eigenvalue weighted by Crippen LogP contribution is 2.45. The second-order valence-corrected chi connectivity index (χ2v) is 17.0. The topological polar surface area (TPSA) is 191 Å². The molecule has 312 valence electrons. The summed E-state index contributed by atoms with van der Waals surface area (Å²) in [5.74, 6) is -1.17. The monoisotopic (exact) mass is 806 g/mol. The van der Waals surface area contributed by atoms with Crippen LogP contribution in [0, 0.1) is 5.92 Å². The number of carbonyl (C=O) groups excluding carboxylic acids is 3. The minimum absolute atomic E-state index is 0.150. The quantitative estimate of drug-likeness (QED) is 0.0609. The number of rotatable bonds is 11. The minimum Gasteiger partial charge on any atom is -0.455 e. The van der Waals surface area contributed by atoms with Gasteiger partial charge < -0.3 is 40.1 Å². The van der Waals surface area contributed by atoms with Crippen LogP contribution in [0.4, 0.5) is 15.4 Å². The van der Waals surface area contributed by atoms with Gasteiger partial charge in [-0.15, -0.1) is 0 Å². The number of nitrogen functional groups attached to an aromatic ring is 1. The highest BCUT2D eigenvalue weighted by Gasteiger charge is 2.56. The number of aromatic amines is 1. The number of esters is 1. The minimum atomic E-state index is -1.56. The third-order valence-electron chi connectivity index (χ3n) is 10.0. The van der Waals surface area contributed by atoms with E-state index in [-0.39, 0.29) is 12.4 Å². The molecule has 0 saturated carbocycles. The number of likely N-dealkylation sites (tertiary alicyclic amines) is 1. The molecule has 3 aromatic carbocycles. The molecule has 1 fully saturated rings. The van der Waals surface area contributed by atoms with E-state index < -0.39 is 71.2 Å². The second-order valence-electron chi connectivity index (χ2n) is 17.0. The van der Waals surface area contributed by atoms with E-state index in [9.17, 15) is 19.5 Å². The van der Waals surface area contributed by atoms with Crippen molar-refractivity contribution in [1.29, 1.82) is 0 Å². The summed E-state index contributed by atoms with van der Waals surface area (Å²) in [7, 11) is 0. The number of aliphatic hydroxyl groups excluding tert-OH is 1. The van der Waals surface area contributed by atoms with Crippen molar-refractivity contribution in [2.24, 2.45) is 5.92 Å². The van der Waals surface area contributed by atoms with Gasteiger partial charge in [-0.1, -0.05) is 105 Å². The number of ether oxygens (including phenoxy) is 4. The smallest absolute Gasteiger partial charge is 0.411 e. The molecule has 5 aromatic rings. The Hall–Kier alpha value is -5.99. The highest BCUT2D eigenvalue weighted by atomic mass is 16.6. The predicted molar refractivity (Wildman–Crippen MR) is 222 cm³/mol. The Labute approximate surface area is 344 Å². The summed E-state index contributed by atoms with van der Waals surface area (Å²) >= 11 is 0. The van der Waals surface area contributed by atoms with Crippen molar-refractivity contribution in [2.45, 2.75) is 103 Å². The molecule has 3 heterocycles. The van der Waals surface area contributed by atoms with E-state index in [0.29, 0.717) is 16.6 Å². The van der Waals surface area contributed by atoms with Crippen molar-refractivity contribution in [1.82, 2.24) is 25.2 Å². The molecule has 0 bridgehead atoms. The molecule has 1 aliphatic rings. The van der Waals surface area contributed by atoms with Gasteiger partial charge in [-0.25, -0.2) is 24.4 Å². The number of hydrogen-bond donors (Lipinski definition) is 4. The van der Waals surface area contributed by atoms with E-state index in [1.165, 1.54) is 11.2 Å². The average Bonchev–Trinajstić information content (AvgIpc) is 3.73. The number of alkyl carbamates (subject to hydrolysis) is 1. The maximum absolute atomic E-state index is 14.7. The molecule has 5 atom stereocenters. The van der Waals surface area contributed by atoms with E-state index >= 15 is 0 Å². The number of carbonyl (C=O) groups is 3. The number of aliphatic hydroxyl groups is 1. The zero-order chi connectivity index (χ0) is 42.7. The standard InChI is InChI=1S/C45H54N6O8/c1-27(2)33(50-41(54)58-43(3,4)5)40(53)57-38-36(31-24-47-35-34(31)48-26-49-39(35)46)51(42(55)59-44(6,7)8)32(37(38)52)25-56-45(28-18-12-9-13-19-28,29-20-14-10-15-21-29)30-22-16-11-17-23-30/h9-24,26-27,32-33,36-38,47,52H,25H2,1-8H3,(H,50,54)(H2,46,48,49). The van der Waals surface area contributed by atoms with Crippen LogP contribution in [-0.4, -0.2) is 85.2 Å². The maximum Gasteiger partial charge on any atom is 0.411 e. The summed E-state index contributed by atoms with van der Waals surface area (Å²) in [6, 6.07) is 25.5. The van der Waals surface area contributed by atoms with Crippen LogP contribution in [0.15, 0.2) is 104 Å². The van der Waals surface area contributed by atoms with Gasteiger partial charge >= 0.3 is 18.2 Å². The summed E-state index contributed by atoms with van der Waals surface area (Å²) in [4.78, 5) is 55.0. The first-order valence-electron chi connectivity index (χ1n) is 19.7. The molecule has 1 saturated heterocycles. The molecule has 14 nitrogen and oxygen atoms in total. The van der Waals surface area contributed by atoms with Crippen LogP contribution in [-0.2, 0) is 29.3 Å². The number of aromatic nitrogens is 3. The first-order valence-corrected chi connectivity index (χ1v) is 19.7.